The van der Waals surface area contributed by atoms with Crippen molar-refractivity contribution in [1.82, 2.24) is 23.9 Å². The second-order valence-corrected chi connectivity index (χ2v) is 8.53. The van der Waals surface area contributed by atoms with Gasteiger partial charge in [-0.3, -0.25) is 9.89 Å². The van der Waals surface area contributed by atoms with Crippen molar-refractivity contribution in [2.75, 3.05) is 18.9 Å². The normalized spacial score (nSPS) is 12.1. The number of H-pyrrole nitrogens is 1. The van der Waals surface area contributed by atoms with Crippen molar-refractivity contribution < 1.29 is 13.2 Å². The zero-order valence-corrected chi connectivity index (χ0v) is 16.1. The molecule has 0 fully saturated rings. The van der Waals surface area contributed by atoms with E-state index in [1.54, 1.807) is 47.4 Å². The smallest absolute Gasteiger partial charge is 0.245 e. The van der Waals surface area contributed by atoms with Crippen LogP contribution >= 0.6 is 0 Å². The Balaban J connectivity index is 1.55. The quantitative estimate of drug-likeness (QED) is 0.532. The number of aryl methyl sites for hydroxylation is 1. The molecule has 0 aliphatic rings. The van der Waals surface area contributed by atoms with E-state index in [9.17, 15) is 13.2 Å². The van der Waals surface area contributed by atoms with Crippen LogP contribution in [0.1, 0.15) is 5.56 Å². The van der Waals surface area contributed by atoms with Crippen LogP contribution in [0.4, 0.5) is 5.69 Å². The van der Waals surface area contributed by atoms with E-state index in [-0.39, 0.29) is 11.4 Å². The first kappa shape index (κ1) is 18.1. The molecular formula is C18H18N6O3S. The number of nitrogens with one attached hydrogen (secondary N) is 2. The van der Waals surface area contributed by atoms with Gasteiger partial charge in [-0.15, -0.1) is 0 Å². The highest BCUT2D eigenvalue weighted by atomic mass is 32.2. The van der Waals surface area contributed by atoms with Gasteiger partial charge in [0, 0.05) is 31.0 Å². The van der Waals surface area contributed by atoms with Gasteiger partial charge in [-0.2, -0.15) is 9.40 Å². The van der Waals surface area contributed by atoms with Crippen molar-refractivity contribution in [3.8, 4) is 0 Å². The Kier molecular flexibility index (Phi) is 4.36. The van der Waals surface area contributed by atoms with Gasteiger partial charge in [0.1, 0.15) is 10.5 Å². The monoisotopic (exact) mass is 398 g/mol. The number of sulfonamides is 1. The molecule has 0 unspecified atom stereocenters. The molecule has 1 amide bonds. The Morgan fingerprint density at radius 1 is 1.32 bits per heavy atom. The van der Waals surface area contributed by atoms with Crippen LogP contribution in [0.3, 0.4) is 0 Å². The zero-order valence-electron chi connectivity index (χ0n) is 15.2. The van der Waals surface area contributed by atoms with E-state index in [2.05, 4.69) is 20.5 Å². The molecule has 9 nitrogen and oxygen atoms in total. The molecule has 10 heteroatoms. The molecule has 0 saturated carbocycles. The maximum absolute atomic E-state index is 13.0. The van der Waals surface area contributed by atoms with E-state index in [0.29, 0.717) is 16.6 Å². The first-order valence-electron chi connectivity index (χ1n) is 8.47. The van der Waals surface area contributed by atoms with Gasteiger partial charge in [0.15, 0.2) is 0 Å². The number of hydrogen-bond donors (Lipinski definition) is 2. The minimum Gasteiger partial charge on any atom is -0.324 e. The number of rotatable bonds is 5. The average molecular weight is 398 g/mol. The summed E-state index contributed by atoms with van der Waals surface area (Å²) in [6.07, 6.45) is 6.69. The first-order chi connectivity index (χ1) is 13.3. The summed E-state index contributed by atoms with van der Waals surface area (Å²) < 4.78 is 28.8. The number of hydrogen-bond acceptors (Lipinski definition) is 5. The van der Waals surface area contributed by atoms with Crippen LogP contribution in [0.5, 0.6) is 0 Å². The average Bonchev–Trinajstić information content (AvgIpc) is 3.28. The number of carbonyl (C=O) groups is 1. The number of imidazole rings is 1. The summed E-state index contributed by atoms with van der Waals surface area (Å²) in [5.74, 6) is -0.445. The summed E-state index contributed by atoms with van der Waals surface area (Å²) in [6, 6.07) is 6.88. The molecule has 28 heavy (non-hydrogen) atoms. The summed E-state index contributed by atoms with van der Waals surface area (Å²) in [5, 5.41) is 10.0. The Morgan fingerprint density at radius 2 is 2.14 bits per heavy atom. The van der Waals surface area contributed by atoms with E-state index in [1.807, 2.05) is 13.0 Å². The van der Waals surface area contributed by atoms with Crippen molar-refractivity contribution in [1.29, 1.82) is 0 Å². The number of nitrogens with zero attached hydrogens (tertiary/aromatic N) is 4. The lowest BCUT2D eigenvalue weighted by Gasteiger charge is -2.18. The molecule has 0 saturated heterocycles. The van der Waals surface area contributed by atoms with Crippen molar-refractivity contribution in [3.05, 3.63) is 54.6 Å². The summed E-state index contributed by atoms with van der Waals surface area (Å²) in [4.78, 5) is 16.6. The highest BCUT2D eigenvalue weighted by molar-refractivity contribution is 7.89. The number of benzene rings is 1. The third kappa shape index (κ3) is 3.23. The number of carbonyl (C=O) groups excluding carboxylic acids is 1. The number of fused-ring (bicyclic) bond motifs is 2. The van der Waals surface area contributed by atoms with Gasteiger partial charge < -0.3 is 9.72 Å². The van der Waals surface area contributed by atoms with Crippen LogP contribution in [0.2, 0.25) is 0 Å². The summed E-state index contributed by atoms with van der Waals surface area (Å²) >= 11 is 0. The lowest BCUT2D eigenvalue weighted by Crippen LogP contribution is -2.35. The molecule has 4 rings (SSSR count). The minimum atomic E-state index is -3.89. The molecule has 0 bridgehead atoms. The van der Waals surface area contributed by atoms with E-state index in [4.69, 9.17) is 0 Å². The lowest BCUT2D eigenvalue weighted by atomic mass is 10.2. The SMILES string of the molecule is Cc1cc(S(=O)(=O)N(C)CC(=O)Nc2ccc3nccn3c2)c2[nH]ncc2c1. The van der Waals surface area contributed by atoms with Gasteiger partial charge in [-0.1, -0.05) is 0 Å². The predicted octanol–water partition coefficient (Wildman–Crippen LogP) is 1.78. The number of anilines is 1. The fourth-order valence-electron chi connectivity index (χ4n) is 3.02. The third-order valence-corrected chi connectivity index (χ3v) is 6.21. The number of pyridine rings is 1. The second kappa shape index (κ2) is 6.73. The zero-order chi connectivity index (χ0) is 19.9. The Hall–Kier alpha value is -3.24. The number of aromatic amines is 1. The van der Waals surface area contributed by atoms with Crippen LogP contribution < -0.4 is 5.32 Å². The van der Waals surface area contributed by atoms with Crippen molar-refractivity contribution in [2.45, 2.75) is 11.8 Å². The third-order valence-electron chi connectivity index (χ3n) is 4.38. The molecule has 0 atom stereocenters. The molecular weight excluding hydrogens is 380 g/mol. The molecule has 1 aromatic carbocycles. The molecule has 0 aliphatic carbocycles. The molecule has 3 heterocycles. The second-order valence-electron chi connectivity index (χ2n) is 6.52. The molecule has 3 aromatic heterocycles. The standard InChI is InChI=1S/C18H18N6O3S/c1-12-7-13-9-20-22-18(13)15(8-12)28(26,27)23(2)11-17(25)21-14-3-4-16-19-5-6-24(16)10-14/h3-10H,11H2,1-2H3,(H,20,22)(H,21,25). The summed E-state index contributed by atoms with van der Waals surface area (Å²) in [7, 11) is -2.51. The Labute approximate surface area is 161 Å². The topological polar surface area (TPSA) is 112 Å². The van der Waals surface area contributed by atoms with Crippen LogP contribution in [0.25, 0.3) is 16.6 Å². The lowest BCUT2D eigenvalue weighted by molar-refractivity contribution is -0.116. The number of aromatic nitrogens is 4. The first-order valence-corrected chi connectivity index (χ1v) is 9.91. The van der Waals surface area contributed by atoms with Gasteiger partial charge in [0.05, 0.1) is 23.9 Å². The maximum atomic E-state index is 13.0. The van der Waals surface area contributed by atoms with Crippen molar-refractivity contribution in [2.24, 2.45) is 0 Å². The molecule has 4 aromatic rings. The fourth-order valence-corrected chi connectivity index (χ4v) is 4.40. The highest BCUT2D eigenvalue weighted by Crippen LogP contribution is 2.25. The van der Waals surface area contributed by atoms with Gasteiger partial charge in [-0.05, 0) is 36.8 Å². The van der Waals surface area contributed by atoms with Gasteiger partial charge in [0.25, 0.3) is 0 Å². The minimum absolute atomic E-state index is 0.0927. The van der Waals surface area contributed by atoms with E-state index in [1.165, 1.54) is 7.05 Å². The fraction of sp³-hybridized carbons (Fsp3) is 0.167. The number of amides is 1. The Morgan fingerprint density at radius 3 is 2.96 bits per heavy atom. The van der Waals surface area contributed by atoms with E-state index in [0.717, 1.165) is 15.5 Å². The number of likely N-dealkylation sites (N-methyl/N-ethyl adjacent to an activating group) is 1. The van der Waals surface area contributed by atoms with E-state index >= 15 is 0 Å². The molecule has 0 radical (unpaired) electrons. The van der Waals surface area contributed by atoms with Gasteiger partial charge in [0.2, 0.25) is 15.9 Å². The van der Waals surface area contributed by atoms with Crippen LogP contribution in [0.15, 0.2) is 53.9 Å². The molecule has 2 N–H and O–H groups in total. The van der Waals surface area contributed by atoms with Crippen molar-refractivity contribution >= 4 is 38.2 Å². The van der Waals surface area contributed by atoms with Crippen LogP contribution in [-0.2, 0) is 14.8 Å². The van der Waals surface area contributed by atoms with Crippen molar-refractivity contribution in [3.63, 3.8) is 0 Å². The van der Waals surface area contributed by atoms with Gasteiger partial charge in [-0.25, -0.2) is 13.4 Å². The predicted molar refractivity (Wildman–Crippen MR) is 104 cm³/mol. The molecule has 0 spiro atoms. The van der Waals surface area contributed by atoms with Crippen LogP contribution in [-0.4, -0.2) is 51.8 Å². The summed E-state index contributed by atoms with van der Waals surface area (Å²) in [6.45, 7) is 1.48. The van der Waals surface area contributed by atoms with Crippen LogP contribution in [0, 0.1) is 6.92 Å². The Bertz CT molecular complexity index is 1290. The summed E-state index contributed by atoms with van der Waals surface area (Å²) in [5.41, 5.74) is 2.51. The van der Waals surface area contributed by atoms with Gasteiger partial charge >= 0.3 is 0 Å². The molecule has 144 valence electrons. The van der Waals surface area contributed by atoms with E-state index < -0.39 is 15.9 Å². The molecule has 0 aliphatic heterocycles. The maximum Gasteiger partial charge on any atom is 0.245 e. The highest BCUT2D eigenvalue weighted by Gasteiger charge is 2.26. The largest absolute Gasteiger partial charge is 0.324 e.